The highest BCUT2D eigenvalue weighted by molar-refractivity contribution is 6.13. The van der Waals surface area contributed by atoms with Gasteiger partial charge in [-0.05, 0) is 115 Å². The van der Waals surface area contributed by atoms with Crippen molar-refractivity contribution in [3.8, 4) is 22.3 Å². The molecule has 1 aliphatic rings. The van der Waals surface area contributed by atoms with E-state index in [1.165, 1.54) is 10.8 Å². The summed E-state index contributed by atoms with van der Waals surface area (Å²) in [4.78, 5) is 1.82. The fraction of sp³-hybridized carbons (Fsp3) is 0.0588. The lowest BCUT2D eigenvalue weighted by Crippen LogP contribution is -2.35. The summed E-state index contributed by atoms with van der Waals surface area (Å²) < 4.78 is 44.2. The minimum atomic E-state index is -0.647. The van der Waals surface area contributed by atoms with E-state index in [-0.39, 0.29) is 35.8 Å². The summed E-state index contributed by atoms with van der Waals surface area (Å²) in [6, 6.07) is 50.6. The molecule has 9 rings (SSSR count). The van der Waals surface area contributed by atoms with Crippen LogP contribution in [0.2, 0.25) is 0 Å². The molecule has 0 N–H and O–H groups in total. The highest BCUT2D eigenvalue weighted by atomic mass is 15.1. The van der Waals surface area contributed by atoms with Gasteiger partial charge in [0.1, 0.15) is 0 Å². The molecule has 0 saturated carbocycles. The average molecular weight is 671 g/mol. The van der Waals surface area contributed by atoms with Crippen molar-refractivity contribution in [2.45, 2.75) is 11.8 Å². The topological polar surface area (TPSA) is 3.24 Å². The second-order valence-corrected chi connectivity index (χ2v) is 13.4. The second kappa shape index (κ2) is 13.0. The SMILES string of the molecule is [2H]c1c([2H])c([2H])c(N(c2ccc(-c3cc4ccccc4c4ccccc34)cc2)c2ccc3c(c2)C(c2ccccc2)(C(C=C)CC=C)c2ccccc2-3)c([2H])c1[2H]. The van der Waals surface area contributed by atoms with Crippen molar-refractivity contribution in [2.24, 2.45) is 5.92 Å². The number of hydrogen-bond acceptors (Lipinski definition) is 1. The Labute approximate surface area is 313 Å². The van der Waals surface area contributed by atoms with Gasteiger partial charge in [-0.1, -0.05) is 152 Å². The molecule has 1 heteroatoms. The number of hydrogen-bond donors (Lipinski definition) is 0. The van der Waals surface area contributed by atoms with Crippen molar-refractivity contribution in [1.29, 1.82) is 0 Å². The minimum Gasteiger partial charge on any atom is -0.310 e. The smallest absolute Gasteiger partial charge is 0.0645 e. The van der Waals surface area contributed by atoms with Crippen LogP contribution in [0.15, 0.2) is 207 Å². The molecule has 52 heavy (non-hydrogen) atoms. The molecular formula is C51H39N. The Hall–Kier alpha value is -6.44. The molecule has 0 spiro atoms. The number of allylic oxidation sites excluding steroid dienone is 2. The van der Waals surface area contributed by atoms with Crippen molar-refractivity contribution in [3.05, 3.63) is 224 Å². The molecule has 1 aliphatic carbocycles. The molecule has 0 amide bonds. The van der Waals surface area contributed by atoms with Crippen LogP contribution in [0, 0.1) is 5.92 Å². The van der Waals surface area contributed by atoms with E-state index >= 15 is 0 Å². The first-order valence-electron chi connectivity index (χ1n) is 20.2. The van der Waals surface area contributed by atoms with Crippen LogP contribution in [0.25, 0.3) is 43.8 Å². The molecule has 2 atom stereocenters. The molecule has 248 valence electrons. The lowest BCUT2D eigenvalue weighted by atomic mass is 9.63. The Balaban J connectivity index is 1.30. The van der Waals surface area contributed by atoms with E-state index in [0.717, 1.165) is 49.7 Å². The second-order valence-electron chi connectivity index (χ2n) is 13.4. The molecule has 1 nitrogen and oxygen atoms in total. The lowest BCUT2D eigenvalue weighted by molar-refractivity contribution is 0.461. The van der Waals surface area contributed by atoms with E-state index in [1.807, 2.05) is 41.3 Å². The summed E-state index contributed by atoms with van der Waals surface area (Å²) in [5.74, 6) is -0.0691. The van der Waals surface area contributed by atoms with E-state index in [2.05, 4.69) is 141 Å². The van der Waals surface area contributed by atoms with Crippen LogP contribution < -0.4 is 4.90 Å². The molecule has 8 aromatic carbocycles. The fourth-order valence-electron chi connectivity index (χ4n) is 8.54. The van der Waals surface area contributed by atoms with Crippen molar-refractivity contribution in [3.63, 3.8) is 0 Å². The lowest BCUT2D eigenvalue weighted by Gasteiger charge is -2.39. The maximum atomic E-state index is 9.19. The summed E-state index contributed by atoms with van der Waals surface area (Å²) in [6.45, 7) is 8.48. The van der Waals surface area contributed by atoms with Crippen molar-refractivity contribution < 1.29 is 6.85 Å². The predicted molar refractivity (Wildman–Crippen MR) is 222 cm³/mol. The van der Waals surface area contributed by atoms with Crippen LogP contribution in [0.3, 0.4) is 0 Å². The molecule has 0 bridgehead atoms. The van der Waals surface area contributed by atoms with Gasteiger partial charge in [0, 0.05) is 17.1 Å². The third kappa shape index (κ3) is 4.93. The predicted octanol–water partition coefficient (Wildman–Crippen LogP) is 13.8. The normalized spacial score (nSPS) is 16.5. The van der Waals surface area contributed by atoms with E-state index in [1.54, 1.807) is 0 Å². The fourth-order valence-corrected chi connectivity index (χ4v) is 8.54. The average Bonchev–Trinajstić information content (AvgIpc) is 3.56. The van der Waals surface area contributed by atoms with Crippen LogP contribution in [0.1, 0.15) is 30.0 Å². The number of para-hydroxylation sites is 1. The number of fused-ring (bicyclic) bond motifs is 6. The Morgan fingerprint density at radius 2 is 1.21 bits per heavy atom. The summed E-state index contributed by atoms with van der Waals surface area (Å²) in [7, 11) is 0. The van der Waals surface area contributed by atoms with Crippen LogP contribution in [0.5, 0.6) is 0 Å². The third-order valence-electron chi connectivity index (χ3n) is 10.7. The summed E-state index contributed by atoms with van der Waals surface area (Å²) >= 11 is 0. The Morgan fingerprint density at radius 1 is 0.558 bits per heavy atom. The van der Waals surface area contributed by atoms with Crippen LogP contribution in [-0.4, -0.2) is 0 Å². The standard InChI is InChI=1S/C51H39N/c1-3-17-38(4-2)51(39-19-7-5-8-20-39)49-27-16-15-26-46(49)47-33-32-42(35-50(47)51)52(40-21-9-6-10-22-40)41-30-28-36(29-31-41)48-34-37-18-11-12-23-43(37)44-24-13-14-25-45(44)48/h3-16,18-35,38H,1-2,17H2/i6D,9D,10D,21D,22D. The van der Waals surface area contributed by atoms with Gasteiger partial charge in [-0.25, -0.2) is 0 Å². The molecule has 0 radical (unpaired) electrons. The van der Waals surface area contributed by atoms with Gasteiger partial charge in [0.2, 0.25) is 0 Å². The number of benzene rings is 8. The zero-order valence-corrected chi connectivity index (χ0v) is 28.7. The summed E-state index contributed by atoms with van der Waals surface area (Å²) in [5, 5.41) is 4.65. The molecule has 0 aromatic heterocycles. The Bertz CT molecular complexity index is 2850. The quantitative estimate of drug-likeness (QED) is 0.109. The Kier molecular flexibility index (Phi) is 6.61. The molecule has 0 saturated heterocycles. The zero-order chi connectivity index (χ0) is 39.4. The van der Waals surface area contributed by atoms with Crippen molar-refractivity contribution in [1.82, 2.24) is 0 Å². The highest BCUT2D eigenvalue weighted by Gasteiger charge is 2.48. The highest BCUT2D eigenvalue weighted by Crippen LogP contribution is 2.58. The first kappa shape index (κ1) is 26.4. The van der Waals surface area contributed by atoms with Gasteiger partial charge in [0.05, 0.1) is 12.3 Å². The maximum absolute atomic E-state index is 9.19. The van der Waals surface area contributed by atoms with E-state index in [4.69, 9.17) is 4.11 Å². The van der Waals surface area contributed by atoms with Crippen molar-refractivity contribution >= 4 is 38.6 Å². The molecule has 0 heterocycles. The van der Waals surface area contributed by atoms with Gasteiger partial charge in [0.25, 0.3) is 0 Å². The van der Waals surface area contributed by atoms with Gasteiger partial charge in [-0.15, -0.1) is 13.2 Å². The molecule has 0 fully saturated rings. The van der Waals surface area contributed by atoms with Gasteiger partial charge < -0.3 is 4.90 Å². The largest absolute Gasteiger partial charge is 0.310 e. The third-order valence-corrected chi connectivity index (χ3v) is 10.7. The molecule has 2 unspecified atom stereocenters. The van der Waals surface area contributed by atoms with Gasteiger partial charge >= 0.3 is 0 Å². The number of anilines is 3. The molecular weight excluding hydrogens is 627 g/mol. The first-order valence-corrected chi connectivity index (χ1v) is 17.7. The number of nitrogens with zero attached hydrogens (tertiary/aromatic N) is 1. The van der Waals surface area contributed by atoms with Crippen LogP contribution in [0.4, 0.5) is 17.1 Å². The van der Waals surface area contributed by atoms with E-state index in [0.29, 0.717) is 17.8 Å². The first-order chi connectivity index (χ1) is 27.8. The minimum absolute atomic E-state index is 0.0691. The molecule has 0 aliphatic heterocycles. The number of rotatable bonds is 9. The van der Waals surface area contributed by atoms with Gasteiger partial charge in [-0.3, -0.25) is 0 Å². The van der Waals surface area contributed by atoms with E-state index in [9.17, 15) is 2.74 Å². The Morgan fingerprint density at radius 3 is 1.98 bits per heavy atom. The van der Waals surface area contributed by atoms with E-state index < -0.39 is 11.5 Å². The summed E-state index contributed by atoms with van der Waals surface area (Å²) in [5.41, 5.74) is 8.39. The van der Waals surface area contributed by atoms with Gasteiger partial charge in [-0.2, -0.15) is 0 Å². The summed E-state index contributed by atoms with van der Waals surface area (Å²) in [6.07, 6.45) is 4.64. The van der Waals surface area contributed by atoms with Gasteiger partial charge in [0.15, 0.2) is 0 Å². The van der Waals surface area contributed by atoms with Crippen molar-refractivity contribution in [2.75, 3.05) is 4.90 Å². The van der Waals surface area contributed by atoms with Crippen LogP contribution in [-0.2, 0) is 5.41 Å². The monoisotopic (exact) mass is 670 g/mol. The zero-order valence-electron chi connectivity index (χ0n) is 33.7. The maximum Gasteiger partial charge on any atom is 0.0645 e. The van der Waals surface area contributed by atoms with Crippen LogP contribution >= 0.6 is 0 Å². The molecule has 8 aromatic rings.